The van der Waals surface area contributed by atoms with E-state index in [9.17, 15) is 18.0 Å². The second-order valence-corrected chi connectivity index (χ2v) is 4.96. The van der Waals surface area contributed by atoms with Gasteiger partial charge in [0.05, 0.1) is 5.52 Å². The maximum absolute atomic E-state index is 12.3. The van der Waals surface area contributed by atoms with Crippen LogP contribution in [0.3, 0.4) is 0 Å². The third kappa shape index (κ3) is 3.68. The molecule has 2 aromatic heterocycles. The highest BCUT2D eigenvalue weighted by Crippen LogP contribution is 2.24. The van der Waals surface area contributed by atoms with Gasteiger partial charge in [0.25, 0.3) is 5.56 Å². The highest BCUT2D eigenvalue weighted by molar-refractivity contribution is 5.77. The van der Waals surface area contributed by atoms with Gasteiger partial charge in [-0.3, -0.25) is 9.78 Å². The maximum atomic E-state index is 12.3. The predicted molar refractivity (Wildman–Crippen MR) is 78.3 cm³/mol. The molecule has 4 nitrogen and oxygen atoms in total. The van der Waals surface area contributed by atoms with Gasteiger partial charge in [-0.15, -0.1) is 13.2 Å². The third-order valence-electron chi connectivity index (χ3n) is 3.25. The van der Waals surface area contributed by atoms with Crippen molar-refractivity contribution in [1.82, 2.24) is 9.97 Å². The number of fused-ring (bicyclic) bond motifs is 1. The Labute approximate surface area is 128 Å². The van der Waals surface area contributed by atoms with Crippen LogP contribution in [0.1, 0.15) is 11.1 Å². The SMILES string of the molecule is O=c1[nH]c2ccncc2cc1Cc1cccc(OC(F)(F)F)c1. The average molecular weight is 320 g/mol. The van der Waals surface area contributed by atoms with Gasteiger partial charge >= 0.3 is 6.36 Å². The van der Waals surface area contributed by atoms with E-state index in [1.54, 1.807) is 30.6 Å². The molecule has 0 aliphatic carbocycles. The Morgan fingerprint density at radius 2 is 2.00 bits per heavy atom. The summed E-state index contributed by atoms with van der Waals surface area (Å²) in [7, 11) is 0. The van der Waals surface area contributed by atoms with Gasteiger partial charge in [0.2, 0.25) is 0 Å². The van der Waals surface area contributed by atoms with E-state index in [0.29, 0.717) is 16.6 Å². The molecule has 0 fully saturated rings. The molecule has 2 heterocycles. The van der Waals surface area contributed by atoms with E-state index in [-0.39, 0.29) is 17.7 Å². The Bertz CT molecular complexity index is 903. The molecule has 1 aromatic carbocycles. The first-order valence-electron chi connectivity index (χ1n) is 6.71. The number of nitrogens with one attached hydrogen (secondary N) is 1. The maximum Gasteiger partial charge on any atom is 0.573 e. The van der Waals surface area contributed by atoms with Crippen LogP contribution in [0.5, 0.6) is 5.75 Å². The fourth-order valence-corrected chi connectivity index (χ4v) is 2.30. The van der Waals surface area contributed by atoms with Crippen LogP contribution in [0.4, 0.5) is 13.2 Å². The summed E-state index contributed by atoms with van der Waals surface area (Å²) in [6, 6.07) is 8.92. The van der Waals surface area contributed by atoms with Crippen molar-refractivity contribution in [3.05, 3.63) is 70.3 Å². The Hall–Kier alpha value is -2.83. The fourth-order valence-electron chi connectivity index (χ4n) is 2.30. The summed E-state index contributed by atoms with van der Waals surface area (Å²) in [5.41, 5.74) is 1.35. The monoisotopic (exact) mass is 320 g/mol. The molecule has 0 spiro atoms. The number of nitrogens with zero attached hydrogens (tertiary/aromatic N) is 1. The predicted octanol–water partition coefficient (Wildman–Crippen LogP) is 3.41. The van der Waals surface area contributed by atoms with E-state index < -0.39 is 6.36 Å². The largest absolute Gasteiger partial charge is 0.573 e. The van der Waals surface area contributed by atoms with Crippen molar-refractivity contribution in [2.45, 2.75) is 12.8 Å². The minimum atomic E-state index is -4.75. The van der Waals surface area contributed by atoms with E-state index in [2.05, 4.69) is 14.7 Å². The number of rotatable bonds is 3. The van der Waals surface area contributed by atoms with Crippen LogP contribution in [-0.2, 0) is 6.42 Å². The van der Waals surface area contributed by atoms with Crippen LogP contribution in [-0.4, -0.2) is 16.3 Å². The lowest BCUT2D eigenvalue weighted by Gasteiger charge is -2.10. The van der Waals surface area contributed by atoms with E-state index in [1.165, 1.54) is 18.2 Å². The third-order valence-corrected chi connectivity index (χ3v) is 3.25. The molecule has 0 atom stereocenters. The van der Waals surface area contributed by atoms with Crippen LogP contribution >= 0.6 is 0 Å². The molecule has 0 unspecified atom stereocenters. The normalized spacial score (nSPS) is 11.6. The van der Waals surface area contributed by atoms with E-state index >= 15 is 0 Å². The van der Waals surface area contributed by atoms with E-state index in [1.807, 2.05) is 0 Å². The quantitative estimate of drug-likeness (QED) is 0.804. The molecule has 0 aliphatic heterocycles. The van der Waals surface area contributed by atoms with Crippen LogP contribution in [0, 0.1) is 0 Å². The molecular weight excluding hydrogens is 309 g/mol. The number of halogens is 3. The van der Waals surface area contributed by atoms with Crippen molar-refractivity contribution in [3.8, 4) is 5.75 Å². The lowest BCUT2D eigenvalue weighted by Crippen LogP contribution is -2.17. The molecule has 118 valence electrons. The van der Waals surface area contributed by atoms with Gasteiger partial charge in [-0.1, -0.05) is 12.1 Å². The molecule has 0 saturated carbocycles. The minimum Gasteiger partial charge on any atom is -0.406 e. The molecular formula is C16H11F3N2O2. The summed E-state index contributed by atoms with van der Waals surface area (Å²) in [5.74, 6) is -0.311. The summed E-state index contributed by atoms with van der Waals surface area (Å²) in [5, 5.41) is 0.754. The van der Waals surface area contributed by atoms with Crippen molar-refractivity contribution >= 4 is 10.9 Å². The van der Waals surface area contributed by atoms with Gasteiger partial charge in [0, 0.05) is 29.8 Å². The van der Waals surface area contributed by atoms with Gasteiger partial charge in [-0.05, 0) is 29.8 Å². The van der Waals surface area contributed by atoms with Crippen LogP contribution in [0.25, 0.3) is 10.9 Å². The summed E-state index contributed by atoms with van der Waals surface area (Å²) < 4.78 is 40.6. The minimum absolute atomic E-state index is 0.190. The molecule has 7 heteroatoms. The number of pyridine rings is 2. The van der Waals surface area contributed by atoms with Gasteiger partial charge in [0.15, 0.2) is 0 Å². The molecule has 23 heavy (non-hydrogen) atoms. The molecule has 1 N–H and O–H groups in total. The van der Waals surface area contributed by atoms with Crippen LogP contribution in [0.15, 0.2) is 53.6 Å². The van der Waals surface area contributed by atoms with Gasteiger partial charge in [0.1, 0.15) is 5.75 Å². The lowest BCUT2D eigenvalue weighted by atomic mass is 10.0. The summed E-state index contributed by atoms with van der Waals surface area (Å²) >= 11 is 0. The summed E-state index contributed by atoms with van der Waals surface area (Å²) in [4.78, 5) is 18.8. The first-order chi connectivity index (χ1) is 10.9. The highest BCUT2D eigenvalue weighted by Gasteiger charge is 2.31. The van der Waals surface area contributed by atoms with Crippen molar-refractivity contribution in [1.29, 1.82) is 0 Å². The molecule has 0 aliphatic rings. The Morgan fingerprint density at radius 3 is 2.78 bits per heavy atom. The highest BCUT2D eigenvalue weighted by atomic mass is 19.4. The Kier molecular flexibility index (Phi) is 3.77. The second kappa shape index (κ2) is 5.75. The second-order valence-electron chi connectivity index (χ2n) is 4.96. The molecule has 0 radical (unpaired) electrons. The van der Waals surface area contributed by atoms with Crippen molar-refractivity contribution in [2.75, 3.05) is 0 Å². The molecule has 3 aromatic rings. The number of aromatic amines is 1. The average Bonchev–Trinajstić information content (AvgIpc) is 2.46. The molecule has 0 amide bonds. The summed E-state index contributed by atoms with van der Waals surface area (Å²) in [6.07, 6.45) is -1.38. The van der Waals surface area contributed by atoms with Crippen molar-refractivity contribution in [2.24, 2.45) is 0 Å². The number of hydrogen-bond acceptors (Lipinski definition) is 3. The number of ether oxygens (including phenoxy) is 1. The van der Waals surface area contributed by atoms with Crippen molar-refractivity contribution < 1.29 is 17.9 Å². The first-order valence-corrected chi connectivity index (χ1v) is 6.71. The topological polar surface area (TPSA) is 55.0 Å². The van der Waals surface area contributed by atoms with E-state index in [0.717, 1.165) is 5.39 Å². The number of H-pyrrole nitrogens is 1. The number of alkyl halides is 3. The zero-order valence-corrected chi connectivity index (χ0v) is 11.7. The number of hydrogen-bond donors (Lipinski definition) is 1. The molecule has 0 saturated heterocycles. The smallest absolute Gasteiger partial charge is 0.406 e. The Morgan fingerprint density at radius 1 is 1.17 bits per heavy atom. The van der Waals surface area contributed by atoms with Gasteiger partial charge in [-0.2, -0.15) is 0 Å². The Balaban J connectivity index is 1.91. The van der Waals surface area contributed by atoms with Gasteiger partial charge < -0.3 is 9.72 Å². The van der Waals surface area contributed by atoms with Crippen molar-refractivity contribution in [3.63, 3.8) is 0 Å². The van der Waals surface area contributed by atoms with Crippen LogP contribution < -0.4 is 10.3 Å². The zero-order chi connectivity index (χ0) is 16.4. The van der Waals surface area contributed by atoms with Crippen LogP contribution in [0.2, 0.25) is 0 Å². The fraction of sp³-hybridized carbons (Fsp3) is 0.125. The first kappa shape index (κ1) is 15.1. The molecule has 0 bridgehead atoms. The number of aromatic nitrogens is 2. The zero-order valence-electron chi connectivity index (χ0n) is 11.7. The van der Waals surface area contributed by atoms with E-state index in [4.69, 9.17) is 0 Å². The molecule has 3 rings (SSSR count). The summed E-state index contributed by atoms with van der Waals surface area (Å²) in [6.45, 7) is 0. The standard InChI is InChI=1S/C16H11F3N2O2/c17-16(18,19)23-13-3-1-2-10(7-13)6-11-8-12-9-20-5-4-14(12)21-15(11)22/h1-5,7-9H,6H2,(H,21,22). The lowest BCUT2D eigenvalue weighted by molar-refractivity contribution is -0.274. The van der Waals surface area contributed by atoms with Gasteiger partial charge in [-0.25, -0.2) is 0 Å². The number of benzene rings is 1.